The maximum atomic E-state index is 10.4. The van der Waals surface area contributed by atoms with E-state index in [-0.39, 0.29) is 0 Å². The predicted octanol–water partition coefficient (Wildman–Crippen LogP) is 12.0. The standard InChI is InChI=1S/C49H29N5/c50-30-36-16-11-19-38(43(36)31-51)37-28-48(53-44-20-9-7-17-39(44)41-26-34(22-24-46(41)53)32-12-3-1-4-13-32)52-49(29-37)54-45-21-10-8-18-40(45)42-27-35(23-25-47(42)54)33-14-5-2-6-15-33/h1-29H. The van der Waals surface area contributed by atoms with E-state index < -0.39 is 0 Å². The monoisotopic (exact) mass is 687 g/mol. The molecule has 0 saturated heterocycles. The van der Waals surface area contributed by atoms with Crippen LogP contribution in [0.1, 0.15) is 11.1 Å². The molecule has 0 saturated carbocycles. The van der Waals surface area contributed by atoms with E-state index in [9.17, 15) is 10.5 Å². The van der Waals surface area contributed by atoms with Gasteiger partial charge < -0.3 is 0 Å². The van der Waals surface area contributed by atoms with Crippen molar-refractivity contribution >= 4 is 43.6 Å². The molecule has 0 N–H and O–H groups in total. The molecule has 54 heavy (non-hydrogen) atoms. The van der Waals surface area contributed by atoms with Gasteiger partial charge in [0.15, 0.2) is 0 Å². The van der Waals surface area contributed by atoms with Crippen molar-refractivity contribution in [2.45, 2.75) is 0 Å². The lowest BCUT2D eigenvalue weighted by Gasteiger charge is -2.15. The number of nitriles is 2. The molecule has 5 nitrogen and oxygen atoms in total. The summed E-state index contributed by atoms with van der Waals surface area (Å²) in [6, 6.07) is 65.0. The number of para-hydroxylation sites is 2. The number of hydrogen-bond acceptors (Lipinski definition) is 3. The van der Waals surface area contributed by atoms with Gasteiger partial charge in [0.05, 0.1) is 33.2 Å². The van der Waals surface area contributed by atoms with Crippen molar-refractivity contribution in [1.29, 1.82) is 10.5 Å². The Morgan fingerprint density at radius 2 is 0.852 bits per heavy atom. The molecule has 3 aromatic heterocycles. The van der Waals surface area contributed by atoms with Crippen molar-refractivity contribution < 1.29 is 0 Å². The molecule has 3 heterocycles. The number of nitrogens with zero attached hydrogens (tertiary/aromatic N) is 5. The minimum Gasteiger partial charge on any atom is -0.294 e. The van der Waals surface area contributed by atoms with Crippen LogP contribution in [0.5, 0.6) is 0 Å². The molecule has 10 rings (SSSR count). The lowest BCUT2D eigenvalue weighted by Crippen LogP contribution is -2.05. The molecule has 0 aliphatic carbocycles. The summed E-state index contributed by atoms with van der Waals surface area (Å²) >= 11 is 0. The van der Waals surface area contributed by atoms with Crippen LogP contribution in [0.2, 0.25) is 0 Å². The first kappa shape index (κ1) is 31.0. The van der Waals surface area contributed by atoms with E-state index in [2.05, 4.69) is 155 Å². The predicted molar refractivity (Wildman–Crippen MR) is 219 cm³/mol. The topological polar surface area (TPSA) is 70.3 Å². The van der Waals surface area contributed by atoms with E-state index in [1.54, 1.807) is 6.07 Å². The Bertz CT molecular complexity index is 3000. The van der Waals surface area contributed by atoms with Gasteiger partial charge in [0, 0.05) is 27.1 Å². The van der Waals surface area contributed by atoms with Crippen LogP contribution in [0, 0.1) is 22.7 Å². The first-order valence-corrected chi connectivity index (χ1v) is 17.8. The van der Waals surface area contributed by atoms with Crippen molar-refractivity contribution in [2.24, 2.45) is 0 Å². The number of hydrogen-bond donors (Lipinski definition) is 0. The van der Waals surface area contributed by atoms with Crippen molar-refractivity contribution in [1.82, 2.24) is 14.1 Å². The molecule has 0 unspecified atom stereocenters. The average Bonchev–Trinajstić information content (AvgIpc) is 3.76. The summed E-state index contributed by atoms with van der Waals surface area (Å²) in [5, 5.41) is 24.8. The summed E-state index contributed by atoms with van der Waals surface area (Å²) in [7, 11) is 0. The van der Waals surface area contributed by atoms with E-state index in [0.29, 0.717) is 28.3 Å². The highest BCUT2D eigenvalue weighted by Gasteiger charge is 2.20. The van der Waals surface area contributed by atoms with Crippen LogP contribution in [0.25, 0.3) is 88.6 Å². The fourth-order valence-corrected chi connectivity index (χ4v) is 7.95. The SMILES string of the molecule is N#Cc1cccc(-c2cc(-n3c4ccccc4c4cc(-c5ccccc5)ccc43)nc(-n3c4ccccc4c4cc(-c5ccccc5)ccc43)c2)c1C#N. The first-order valence-electron chi connectivity index (χ1n) is 17.8. The number of pyridine rings is 1. The Balaban J connectivity index is 1.28. The molecule has 10 aromatic rings. The molecule has 0 radical (unpaired) electrons. The minimum atomic E-state index is 0.338. The Morgan fingerprint density at radius 1 is 0.370 bits per heavy atom. The maximum Gasteiger partial charge on any atom is 0.140 e. The van der Waals surface area contributed by atoms with E-state index in [0.717, 1.165) is 71.4 Å². The third-order valence-electron chi connectivity index (χ3n) is 10.4. The number of aromatic nitrogens is 3. The third kappa shape index (κ3) is 4.88. The summed E-state index contributed by atoms with van der Waals surface area (Å²) < 4.78 is 4.43. The fraction of sp³-hybridized carbons (Fsp3) is 0. The van der Waals surface area contributed by atoms with Gasteiger partial charge in [0.1, 0.15) is 23.8 Å². The van der Waals surface area contributed by atoms with Gasteiger partial charge in [-0.25, -0.2) is 4.98 Å². The van der Waals surface area contributed by atoms with Crippen LogP contribution in [0.3, 0.4) is 0 Å². The van der Waals surface area contributed by atoms with Gasteiger partial charge in [-0.3, -0.25) is 9.13 Å². The fourth-order valence-electron chi connectivity index (χ4n) is 7.95. The summed E-state index contributed by atoms with van der Waals surface area (Å²) in [5.41, 5.74) is 10.8. The summed E-state index contributed by atoms with van der Waals surface area (Å²) in [5.74, 6) is 1.42. The van der Waals surface area contributed by atoms with Crippen LogP contribution in [0.15, 0.2) is 176 Å². The first-order chi connectivity index (χ1) is 26.7. The van der Waals surface area contributed by atoms with Crippen LogP contribution < -0.4 is 0 Å². The molecule has 0 fully saturated rings. The van der Waals surface area contributed by atoms with Gasteiger partial charge in [-0.15, -0.1) is 0 Å². The van der Waals surface area contributed by atoms with Gasteiger partial charge >= 0.3 is 0 Å². The molecule has 0 aliphatic rings. The van der Waals surface area contributed by atoms with Crippen LogP contribution in [-0.4, -0.2) is 14.1 Å². The Morgan fingerprint density at radius 3 is 1.35 bits per heavy atom. The second kappa shape index (κ2) is 12.5. The van der Waals surface area contributed by atoms with Crippen molar-refractivity contribution in [3.05, 3.63) is 187 Å². The van der Waals surface area contributed by atoms with E-state index >= 15 is 0 Å². The molecule has 250 valence electrons. The van der Waals surface area contributed by atoms with Crippen molar-refractivity contribution in [2.75, 3.05) is 0 Å². The second-order valence-electron chi connectivity index (χ2n) is 13.4. The smallest absolute Gasteiger partial charge is 0.140 e. The quantitative estimate of drug-likeness (QED) is 0.181. The Labute approximate surface area is 311 Å². The van der Waals surface area contributed by atoms with Crippen LogP contribution in [-0.2, 0) is 0 Å². The van der Waals surface area contributed by atoms with Gasteiger partial charge in [0.2, 0.25) is 0 Å². The highest BCUT2D eigenvalue weighted by Crippen LogP contribution is 2.39. The molecule has 0 amide bonds. The number of rotatable bonds is 5. The molecule has 0 spiro atoms. The molecule has 5 heteroatoms. The van der Waals surface area contributed by atoms with E-state index in [1.165, 1.54) is 0 Å². The zero-order chi connectivity index (χ0) is 36.2. The molecular formula is C49H29N5. The zero-order valence-corrected chi connectivity index (χ0v) is 29.0. The lowest BCUT2D eigenvalue weighted by atomic mass is 9.97. The summed E-state index contributed by atoms with van der Waals surface area (Å²) in [6.45, 7) is 0. The van der Waals surface area contributed by atoms with E-state index in [4.69, 9.17) is 4.98 Å². The number of benzene rings is 7. The minimum absolute atomic E-state index is 0.338. The van der Waals surface area contributed by atoms with Gasteiger partial charge in [0.25, 0.3) is 0 Å². The van der Waals surface area contributed by atoms with Crippen LogP contribution in [0.4, 0.5) is 0 Å². The van der Waals surface area contributed by atoms with Gasteiger partial charge in [-0.2, -0.15) is 10.5 Å². The van der Waals surface area contributed by atoms with E-state index in [1.807, 2.05) is 36.4 Å². The molecule has 0 atom stereocenters. The number of fused-ring (bicyclic) bond motifs is 6. The highest BCUT2D eigenvalue weighted by molar-refractivity contribution is 6.11. The average molecular weight is 688 g/mol. The summed E-state index contributed by atoms with van der Waals surface area (Å²) in [4.78, 5) is 5.48. The molecule has 0 bridgehead atoms. The third-order valence-corrected chi connectivity index (χ3v) is 10.4. The largest absolute Gasteiger partial charge is 0.294 e. The van der Waals surface area contributed by atoms with Gasteiger partial charge in [-0.1, -0.05) is 121 Å². The molecular weight excluding hydrogens is 659 g/mol. The normalized spacial score (nSPS) is 11.3. The molecule has 7 aromatic carbocycles. The Kier molecular flexibility index (Phi) is 7.18. The molecule has 0 aliphatic heterocycles. The zero-order valence-electron chi connectivity index (χ0n) is 29.0. The van der Waals surface area contributed by atoms with Crippen molar-refractivity contribution in [3.8, 4) is 57.2 Å². The second-order valence-corrected chi connectivity index (χ2v) is 13.4. The van der Waals surface area contributed by atoms with Crippen LogP contribution >= 0.6 is 0 Å². The van der Waals surface area contributed by atoms with Crippen molar-refractivity contribution in [3.63, 3.8) is 0 Å². The maximum absolute atomic E-state index is 10.4. The lowest BCUT2D eigenvalue weighted by molar-refractivity contribution is 1.01. The van der Waals surface area contributed by atoms with Gasteiger partial charge in [-0.05, 0) is 82.4 Å². The Hall–Kier alpha value is -7.73. The highest BCUT2D eigenvalue weighted by atomic mass is 15.1. The summed E-state index contributed by atoms with van der Waals surface area (Å²) in [6.07, 6.45) is 0.